The number of aliphatic carboxylic acids is 1. The predicted molar refractivity (Wildman–Crippen MR) is 132 cm³/mol. The minimum atomic E-state index is -1.25. The summed E-state index contributed by atoms with van der Waals surface area (Å²) in [6, 6.07) is 2.53. The molecule has 0 saturated carbocycles. The average molecular weight is 545 g/mol. The molecule has 0 spiro atoms. The molecule has 0 aromatic carbocycles. The van der Waals surface area contributed by atoms with Crippen molar-refractivity contribution in [2.45, 2.75) is 42.1 Å². The molecule has 0 radical (unpaired) electrons. The quantitative estimate of drug-likeness (QED) is 0.299. The van der Waals surface area contributed by atoms with Gasteiger partial charge in [-0.3, -0.25) is 29.1 Å². The molecule has 5 rings (SSSR count). The van der Waals surface area contributed by atoms with Crippen molar-refractivity contribution in [1.29, 1.82) is 0 Å². The van der Waals surface area contributed by atoms with Crippen molar-refractivity contribution in [2.75, 3.05) is 0 Å². The molecule has 2 aliphatic rings. The van der Waals surface area contributed by atoms with Gasteiger partial charge in [-0.1, -0.05) is 6.07 Å². The van der Waals surface area contributed by atoms with Gasteiger partial charge >= 0.3 is 5.97 Å². The number of thiophene rings is 1. The number of aromatic amines is 1. The summed E-state index contributed by atoms with van der Waals surface area (Å²) in [6.45, 7) is 3.44. The number of thioether (sulfide) groups is 1. The standard InChI is InChI=1S/C22H20N6O7S2/c1-22(2)15(21(34)35)27-19(33)14(20(27)37-22)25-17(31)13(10-4-3-7-36-10)24-16(30)9-8-23-11-5-6-12(29)26-28(11)18(9)32/h3-8,13-15,20H,1-2H3,(H,24,30)(H,25,31)(H,26,29)(H,34,35)/t13?,14-,15+,20-/m1/s1. The SMILES string of the molecule is CC1(C)S[C@@H]2[C@H](NC(=O)C(NC(=O)c3cnc4ccc(=O)[nH]n4c3=O)c3cccs3)C(=O)N2[C@H]1C(=O)O. The highest BCUT2D eigenvalue weighted by Crippen LogP contribution is 2.50. The number of amides is 3. The molecule has 2 saturated heterocycles. The number of carbonyl (C=O) groups is 4. The van der Waals surface area contributed by atoms with Gasteiger partial charge < -0.3 is 20.6 Å². The monoisotopic (exact) mass is 544 g/mol. The van der Waals surface area contributed by atoms with Crippen LogP contribution in [-0.2, 0) is 14.4 Å². The molecule has 13 nitrogen and oxygen atoms in total. The van der Waals surface area contributed by atoms with Gasteiger partial charge in [0.15, 0.2) is 5.65 Å². The van der Waals surface area contributed by atoms with Crippen molar-refractivity contribution in [3.63, 3.8) is 0 Å². The summed E-state index contributed by atoms with van der Waals surface area (Å²) in [4.78, 5) is 81.0. The fraction of sp³-hybridized carbons (Fsp3) is 0.318. The number of fused-ring (bicyclic) bond motifs is 2. The summed E-state index contributed by atoms with van der Waals surface area (Å²) in [5, 5.41) is 18.1. The van der Waals surface area contributed by atoms with Crippen LogP contribution in [0, 0.1) is 0 Å². The zero-order valence-corrected chi connectivity index (χ0v) is 21.0. The van der Waals surface area contributed by atoms with Crippen LogP contribution in [0.2, 0.25) is 0 Å². The molecule has 192 valence electrons. The number of β-lactam (4-membered cyclic amide) rings is 1. The van der Waals surface area contributed by atoms with E-state index in [0.717, 1.165) is 10.7 Å². The number of hydrogen-bond donors (Lipinski definition) is 4. The van der Waals surface area contributed by atoms with Crippen LogP contribution < -0.4 is 21.8 Å². The minimum Gasteiger partial charge on any atom is -0.480 e. The zero-order valence-electron chi connectivity index (χ0n) is 19.3. The highest BCUT2D eigenvalue weighted by atomic mass is 32.2. The lowest BCUT2D eigenvalue weighted by Crippen LogP contribution is -2.71. The maximum Gasteiger partial charge on any atom is 0.327 e. The van der Waals surface area contributed by atoms with Gasteiger partial charge in [-0.15, -0.1) is 23.1 Å². The molecule has 3 aromatic rings. The Morgan fingerprint density at radius 1 is 1.19 bits per heavy atom. The van der Waals surface area contributed by atoms with Gasteiger partial charge in [0.2, 0.25) is 11.8 Å². The number of nitrogens with one attached hydrogen (secondary N) is 3. The van der Waals surface area contributed by atoms with Crippen LogP contribution in [-0.4, -0.2) is 70.5 Å². The lowest BCUT2D eigenvalue weighted by molar-refractivity contribution is -0.161. The Bertz CT molecular complexity index is 1560. The number of nitrogens with zero attached hydrogens (tertiary/aromatic N) is 3. The van der Waals surface area contributed by atoms with E-state index in [-0.39, 0.29) is 5.65 Å². The van der Waals surface area contributed by atoms with Crippen molar-refractivity contribution in [2.24, 2.45) is 0 Å². The van der Waals surface area contributed by atoms with Gasteiger partial charge in [0, 0.05) is 21.9 Å². The third kappa shape index (κ3) is 4.09. The van der Waals surface area contributed by atoms with Gasteiger partial charge in [0.1, 0.15) is 29.1 Å². The molecule has 2 fully saturated rings. The summed E-state index contributed by atoms with van der Waals surface area (Å²) < 4.78 is 0.0657. The average Bonchev–Trinajstić information content (AvgIpc) is 3.45. The van der Waals surface area contributed by atoms with E-state index in [2.05, 4.69) is 20.7 Å². The van der Waals surface area contributed by atoms with E-state index in [9.17, 15) is 33.9 Å². The molecule has 15 heteroatoms. The number of carboxylic acid groups (broad SMARTS) is 1. The first-order chi connectivity index (χ1) is 17.5. The van der Waals surface area contributed by atoms with Crippen LogP contribution in [0.3, 0.4) is 0 Å². The fourth-order valence-corrected chi connectivity index (χ4v) is 6.86. The van der Waals surface area contributed by atoms with Crippen molar-refractivity contribution in [3.8, 4) is 0 Å². The van der Waals surface area contributed by atoms with Gasteiger partial charge in [0.05, 0.1) is 0 Å². The molecule has 0 aliphatic carbocycles. The number of carbonyl (C=O) groups excluding carboxylic acids is 3. The van der Waals surface area contributed by atoms with E-state index in [1.807, 2.05) is 0 Å². The van der Waals surface area contributed by atoms with Gasteiger partial charge in [-0.2, -0.15) is 4.52 Å². The second-order valence-electron chi connectivity index (χ2n) is 8.99. The summed E-state index contributed by atoms with van der Waals surface area (Å²) in [7, 11) is 0. The maximum absolute atomic E-state index is 13.3. The number of hydrogen-bond acceptors (Lipinski definition) is 9. The number of H-pyrrole nitrogens is 1. The lowest BCUT2D eigenvalue weighted by atomic mass is 9.96. The van der Waals surface area contributed by atoms with Crippen LogP contribution in [0.4, 0.5) is 0 Å². The fourth-order valence-electron chi connectivity index (χ4n) is 4.46. The third-order valence-electron chi connectivity index (χ3n) is 6.18. The first-order valence-electron chi connectivity index (χ1n) is 11.0. The molecule has 37 heavy (non-hydrogen) atoms. The second kappa shape index (κ2) is 8.85. The molecule has 5 heterocycles. The van der Waals surface area contributed by atoms with Gasteiger partial charge in [-0.05, 0) is 31.4 Å². The van der Waals surface area contributed by atoms with Crippen LogP contribution in [0.15, 0.2) is 45.4 Å². The van der Waals surface area contributed by atoms with Gasteiger partial charge in [0.25, 0.3) is 17.0 Å². The smallest absolute Gasteiger partial charge is 0.327 e. The normalized spacial score (nSPS) is 22.7. The maximum atomic E-state index is 13.3. The number of carboxylic acids is 1. The lowest BCUT2D eigenvalue weighted by Gasteiger charge is -2.43. The summed E-state index contributed by atoms with van der Waals surface area (Å²) in [5.74, 6) is -3.26. The molecule has 4 atom stereocenters. The zero-order chi connectivity index (χ0) is 26.6. The summed E-state index contributed by atoms with van der Waals surface area (Å²) >= 11 is 2.46. The van der Waals surface area contributed by atoms with E-state index >= 15 is 0 Å². The second-order valence-corrected chi connectivity index (χ2v) is 11.7. The van der Waals surface area contributed by atoms with E-state index in [1.165, 1.54) is 40.1 Å². The molecular formula is C22H20N6O7S2. The Hall–Kier alpha value is -3.98. The Balaban J connectivity index is 1.39. The van der Waals surface area contributed by atoms with E-state index in [0.29, 0.717) is 4.88 Å². The Kier molecular flexibility index (Phi) is 5.91. The Morgan fingerprint density at radius 2 is 1.95 bits per heavy atom. The van der Waals surface area contributed by atoms with E-state index in [4.69, 9.17) is 0 Å². The molecule has 2 aliphatic heterocycles. The topological polar surface area (TPSA) is 183 Å². The van der Waals surface area contributed by atoms with E-state index < -0.39 is 68.6 Å². The largest absolute Gasteiger partial charge is 0.480 e. The highest BCUT2D eigenvalue weighted by molar-refractivity contribution is 8.01. The van der Waals surface area contributed by atoms with Crippen molar-refractivity contribution >= 4 is 52.4 Å². The van der Waals surface area contributed by atoms with Crippen molar-refractivity contribution in [1.82, 2.24) is 30.1 Å². The first-order valence-corrected chi connectivity index (χ1v) is 12.7. The van der Waals surface area contributed by atoms with Crippen LogP contribution in [0.5, 0.6) is 0 Å². The molecular weight excluding hydrogens is 524 g/mol. The Labute approximate surface area is 215 Å². The summed E-state index contributed by atoms with van der Waals surface area (Å²) in [5.41, 5.74) is -1.68. The van der Waals surface area contributed by atoms with Gasteiger partial charge in [-0.25, -0.2) is 9.78 Å². The highest BCUT2D eigenvalue weighted by Gasteiger charge is 2.64. The molecule has 1 unspecified atom stereocenters. The van der Waals surface area contributed by atoms with Crippen LogP contribution in [0.1, 0.15) is 35.1 Å². The van der Waals surface area contributed by atoms with Crippen molar-refractivity contribution < 1.29 is 24.3 Å². The van der Waals surface area contributed by atoms with Crippen molar-refractivity contribution in [3.05, 3.63) is 67.0 Å². The van der Waals surface area contributed by atoms with Crippen LogP contribution in [0.25, 0.3) is 5.65 Å². The molecule has 3 amide bonds. The number of rotatable bonds is 6. The minimum absolute atomic E-state index is 0.124. The molecule has 3 aromatic heterocycles. The molecule has 0 bridgehead atoms. The number of aromatic nitrogens is 3. The van der Waals surface area contributed by atoms with Crippen LogP contribution >= 0.6 is 23.1 Å². The van der Waals surface area contributed by atoms with E-state index in [1.54, 1.807) is 31.4 Å². The first kappa shape index (κ1) is 24.7. The molecule has 4 N–H and O–H groups in total. The Morgan fingerprint density at radius 3 is 2.62 bits per heavy atom. The third-order valence-corrected chi connectivity index (χ3v) is 8.69. The predicted octanol–water partition coefficient (Wildman–Crippen LogP) is -0.453. The summed E-state index contributed by atoms with van der Waals surface area (Å²) in [6.07, 6.45) is 1.05.